The summed E-state index contributed by atoms with van der Waals surface area (Å²) in [4.78, 5) is 11.7. The second-order valence-corrected chi connectivity index (χ2v) is 6.58. The zero-order chi connectivity index (χ0) is 14.9. The fraction of sp³-hybridized carbons (Fsp3) is 0.900. The average Bonchev–Trinajstić information content (AvgIpc) is 2.26. The van der Waals surface area contributed by atoms with Crippen LogP contribution in [0.25, 0.3) is 0 Å². The van der Waals surface area contributed by atoms with Crippen molar-refractivity contribution < 1.29 is 30.9 Å². The summed E-state index contributed by atoms with van der Waals surface area (Å²) in [5.74, 6) is -1.73. The Bertz CT molecular complexity index is 442. The predicted molar refractivity (Wildman–Crippen MR) is 61.0 cm³/mol. The molecule has 1 fully saturated rings. The van der Waals surface area contributed by atoms with Gasteiger partial charge < -0.3 is 5.32 Å². The van der Waals surface area contributed by atoms with E-state index >= 15 is 0 Å². The third-order valence-electron chi connectivity index (χ3n) is 3.43. The second-order valence-electron chi connectivity index (χ2n) is 4.81. The normalized spacial score (nSPS) is 21.7. The van der Waals surface area contributed by atoms with Crippen LogP contribution in [-0.4, -0.2) is 35.8 Å². The molecule has 0 heterocycles. The van der Waals surface area contributed by atoms with Gasteiger partial charge in [-0.3, -0.25) is 9.35 Å². The molecule has 1 atom stereocenters. The number of amides is 1. The molecule has 0 aromatic heterocycles. The second kappa shape index (κ2) is 5.28. The molecule has 5 nitrogen and oxygen atoms in total. The van der Waals surface area contributed by atoms with Gasteiger partial charge in [-0.1, -0.05) is 19.3 Å². The van der Waals surface area contributed by atoms with Crippen LogP contribution >= 0.6 is 0 Å². The molecule has 112 valence electrons. The third-order valence-corrected chi connectivity index (χ3v) is 4.88. The van der Waals surface area contributed by atoms with E-state index in [9.17, 15) is 26.4 Å². The Labute approximate surface area is 109 Å². The number of hydrogen-bond acceptors (Lipinski definition) is 3. The van der Waals surface area contributed by atoms with Gasteiger partial charge in [0.25, 0.3) is 20.8 Å². The SMILES string of the molecule is CC(C(=O)NC1CCCCC1)(C(F)(F)F)S(=O)(=O)O. The molecule has 1 aliphatic rings. The number of carbonyl (C=O) groups is 1. The van der Waals surface area contributed by atoms with E-state index in [4.69, 9.17) is 4.55 Å². The molecule has 2 N–H and O–H groups in total. The first-order chi connectivity index (χ1) is 8.50. The van der Waals surface area contributed by atoms with E-state index in [2.05, 4.69) is 5.32 Å². The number of carbonyl (C=O) groups excluding carboxylic acids is 1. The summed E-state index contributed by atoms with van der Waals surface area (Å²) >= 11 is 0. The Balaban J connectivity index is 2.97. The van der Waals surface area contributed by atoms with Gasteiger partial charge in [0.05, 0.1) is 0 Å². The van der Waals surface area contributed by atoms with Crippen LogP contribution in [0.15, 0.2) is 0 Å². The highest BCUT2D eigenvalue weighted by molar-refractivity contribution is 7.88. The predicted octanol–water partition coefficient (Wildman–Crippen LogP) is 1.64. The van der Waals surface area contributed by atoms with Crippen LogP contribution in [0.5, 0.6) is 0 Å². The lowest BCUT2D eigenvalue weighted by molar-refractivity contribution is -0.171. The summed E-state index contributed by atoms with van der Waals surface area (Å²) in [6.45, 7) is 0.167. The molecule has 0 bridgehead atoms. The van der Waals surface area contributed by atoms with E-state index in [1.54, 1.807) is 0 Å². The summed E-state index contributed by atoms with van der Waals surface area (Å²) in [5, 5.41) is 2.07. The Morgan fingerprint density at radius 1 is 1.21 bits per heavy atom. The van der Waals surface area contributed by atoms with E-state index in [-0.39, 0.29) is 6.92 Å². The molecule has 0 aromatic rings. The van der Waals surface area contributed by atoms with E-state index in [0.717, 1.165) is 19.3 Å². The van der Waals surface area contributed by atoms with Gasteiger partial charge in [0, 0.05) is 6.04 Å². The monoisotopic (exact) mass is 303 g/mol. The van der Waals surface area contributed by atoms with Gasteiger partial charge in [-0.2, -0.15) is 21.6 Å². The van der Waals surface area contributed by atoms with Crippen molar-refractivity contribution in [1.82, 2.24) is 5.32 Å². The van der Waals surface area contributed by atoms with E-state index in [1.165, 1.54) is 0 Å². The van der Waals surface area contributed by atoms with Crippen LogP contribution in [0.4, 0.5) is 13.2 Å². The quantitative estimate of drug-likeness (QED) is 0.776. The van der Waals surface area contributed by atoms with Crippen molar-refractivity contribution in [2.45, 2.75) is 56.0 Å². The maximum atomic E-state index is 12.8. The van der Waals surface area contributed by atoms with Crippen LogP contribution < -0.4 is 5.32 Å². The minimum absolute atomic E-state index is 0.167. The van der Waals surface area contributed by atoms with Crippen molar-refractivity contribution in [2.75, 3.05) is 0 Å². The first-order valence-electron chi connectivity index (χ1n) is 5.85. The summed E-state index contributed by atoms with van der Waals surface area (Å²) in [6, 6.07) is -0.482. The van der Waals surface area contributed by atoms with Gasteiger partial charge in [-0.25, -0.2) is 0 Å². The molecule has 1 amide bonds. The van der Waals surface area contributed by atoms with Crippen LogP contribution in [0, 0.1) is 0 Å². The average molecular weight is 303 g/mol. The highest BCUT2D eigenvalue weighted by Crippen LogP contribution is 2.37. The number of nitrogens with one attached hydrogen (secondary N) is 1. The highest BCUT2D eigenvalue weighted by atomic mass is 32.2. The maximum Gasteiger partial charge on any atom is 0.419 e. The number of alkyl halides is 3. The topological polar surface area (TPSA) is 83.5 Å². The summed E-state index contributed by atoms with van der Waals surface area (Å²) in [7, 11) is -5.61. The van der Waals surface area contributed by atoms with Crippen LogP contribution in [-0.2, 0) is 14.9 Å². The lowest BCUT2D eigenvalue weighted by Crippen LogP contribution is -2.61. The van der Waals surface area contributed by atoms with Crippen LogP contribution in [0.1, 0.15) is 39.0 Å². The molecule has 1 rings (SSSR count). The standard InChI is InChI=1S/C10H16F3NO4S/c1-9(10(11,12)13,19(16,17)18)8(15)14-7-5-3-2-4-6-7/h7H,2-6H2,1H3,(H,14,15)(H,16,17,18). The Hall–Kier alpha value is -0.830. The van der Waals surface area contributed by atoms with Crippen LogP contribution in [0.3, 0.4) is 0 Å². The fourth-order valence-electron chi connectivity index (χ4n) is 1.96. The maximum absolute atomic E-state index is 12.8. The van der Waals surface area contributed by atoms with E-state index in [0.29, 0.717) is 12.8 Å². The highest BCUT2D eigenvalue weighted by Gasteiger charge is 2.66. The van der Waals surface area contributed by atoms with Crippen molar-refractivity contribution in [3.8, 4) is 0 Å². The lowest BCUT2D eigenvalue weighted by Gasteiger charge is -2.31. The number of halogens is 3. The first-order valence-corrected chi connectivity index (χ1v) is 7.29. The number of rotatable bonds is 3. The zero-order valence-corrected chi connectivity index (χ0v) is 11.1. The van der Waals surface area contributed by atoms with Gasteiger partial charge in [0.15, 0.2) is 0 Å². The summed E-state index contributed by atoms with van der Waals surface area (Å²) in [5.41, 5.74) is 0. The van der Waals surface area contributed by atoms with E-state index < -0.39 is 33.0 Å². The molecule has 0 aromatic carbocycles. The molecular formula is C10H16F3NO4S. The van der Waals surface area contributed by atoms with E-state index in [1.807, 2.05) is 0 Å². The Kier molecular flexibility index (Phi) is 4.51. The van der Waals surface area contributed by atoms with Crippen LogP contribution in [0.2, 0.25) is 0 Å². The molecule has 0 radical (unpaired) electrons. The van der Waals surface area contributed by atoms with Crippen molar-refractivity contribution in [3.05, 3.63) is 0 Å². The minimum atomic E-state index is -5.61. The van der Waals surface area contributed by atoms with Gasteiger partial charge in [0.1, 0.15) is 0 Å². The Morgan fingerprint density at radius 3 is 2.05 bits per heavy atom. The van der Waals surface area contributed by atoms with Crippen molar-refractivity contribution in [3.63, 3.8) is 0 Å². The molecule has 9 heteroatoms. The lowest BCUT2D eigenvalue weighted by atomic mass is 9.95. The van der Waals surface area contributed by atoms with Gasteiger partial charge >= 0.3 is 6.18 Å². The molecule has 1 saturated carbocycles. The minimum Gasteiger partial charge on any atom is -0.352 e. The smallest absolute Gasteiger partial charge is 0.352 e. The van der Waals surface area contributed by atoms with Gasteiger partial charge in [-0.05, 0) is 19.8 Å². The summed E-state index contributed by atoms with van der Waals surface area (Å²) < 4.78 is 65.3. The number of hydrogen-bond donors (Lipinski definition) is 2. The fourth-order valence-corrected chi connectivity index (χ4v) is 2.55. The molecule has 0 saturated heterocycles. The molecule has 0 spiro atoms. The molecule has 1 aliphatic carbocycles. The van der Waals surface area contributed by atoms with Gasteiger partial charge in [-0.15, -0.1) is 0 Å². The summed E-state index contributed by atoms with van der Waals surface area (Å²) in [6.07, 6.45) is -1.92. The molecule has 19 heavy (non-hydrogen) atoms. The van der Waals surface area contributed by atoms with Crippen molar-refractivity contribution >= 4 is 16.0 Å². The molecule has 0 aliphatic heterocycles. The van der Waals surface area contributed by atoms with Gasteiger partial charge in [0.2, 0.25) is 0 Å². The molecule has 1 unspecified atom stereocenters. The largest absolute Gasteiger partial charge is 0.419 e. The first kappa shape index (κ1) is 16.2. The van der Waals surface area contributed by atoms with Crippen molar-refractivity contribution in [1.29, 1.82) is 0 Å². The molecular weight excluding hydrogens is 287 g/mol. The third kappa shape index (κ3) is 3.19. The van der Waals surface area contributed by atoms with Crippen molar-refractivity contribution in [2.24, 2.45) is 0 Å². The Morgan fingerprint density at radius 2 is 1.68 bits per heavy atom. The zero-order valence-electron chi connectivity index (χ0n) is 10.3.